The molecule has 1 aliphatic heterocycles. The Hall–Kier alpha value is -1.25. The Balaban J connectivity index is 2.54. The summed E-state index contributed by atoms with van der Waals surface area (Å²) in [5.74, 6) is -0.800. The molecule has 0 atom stereocenters. The highest BCUT2D eigenvalue weighted by Gasteiger charge is 2.19. The van der Waals surface area contributed by atoms with Crippen LogP contribution in [0.4, 0.5) is 0 Å². The molecule has 0 fully saturated rings. The van der Waals surface area contributed by atoms with Gasteiger partial charge in [0.2, 0.25) is 0 Å². The van der Waals surface area contributed by atoms with Crippen LogP contribution >= 0.6 is 0 Å². The van der Waals surface area contributed by atoms with Crippen LogP contribution in [0.15, 0.2) is 6.07 Å². The summed E-state index contributed by atoms with van der Waals surface area (Å²) < 4.78 is 1.95. The van der Waals surface area contributed by atoms with Crippen molar-refractivity contribution in [1.82, 2.24) is 4.57 Å². The average Bonchev–Trinajstić information content (AvgIpc) is 2.39. The minimum atomic E-state index is -0.800. The van der Waals surface area contributed by atoms with Crippen molar-refractivity contribution in [1.29, 1.82) is 0 Å². The van der Waals surface area contributed by atoms with Crippen LogP contribution in [0.25, 0.3) is 0 Å². The monoisotopic (exact) mass is 179 g/mol. The number of hydrogen-bond donors (Lipinski definition) is 1. The van der Waals surface area contributed by atoms with Crippen LogP contribution in [-0.2, 0) is 13.0 Å². The molecule has 3 nitrogen and oxygen atoms in total. The number of hydrogen-bond acceptors (Lipinski definition) is 1. The van der Waals surface area contributed by atoms with E-state index < -0.39 is 5.97 Å². The lowest BCUT2D eigenvalue weighted by Crippen LogP contribution is -2.15. The van der Waals surface area contributed by atoms with Crippen LogP contribution in [0.5, 0.6) is 0 Å². The first-order chi connectivity index (χ1) is 6.20. The van der Waals surface area contributed by atoms with Gasteiger partial charge in [0.15, 0.2) is 0 Å². The zero-order valence-electron chi connectivity index (χ0n) is 7.71. The number of aromatic carboxylic acids is 1. The third kappa shape index (κ3) is 1.24. The van der Waals surface area contributed by atoms with Gasteiger partial charge in [-0.2, -0.15) is 0 Å². The van der Waals surface area contributed by atoms with Crippen LogP contribution < -0.4 is 0 Å². The number of fused-ring (bicyclic) bond motifs is 1. The van der Waals surface area contributed by atoms with Crippen molar-refractivity contribution in [2.24, 2.45) is 0 Å². The molecule has 0 aliphatic carbocycles. The van der Waals surface area contributed by atoms with Gasteiger partial charge in [0, 0.05) is 12.2 Å². The molecule has 0 bridgehead atoms. The van der Waals surface area contributed by atoms with E-state index in [9.17, 15) is 4.79 Å². The van der Waals surface area contributed by atoms with Gasteiger partial charge in [0.05, 0.1) is 0 Å². The third-order valence-electron chi connectivity index (χ3n) is 2.64. The molecule has 0 saturated heterocycles. The summed E-state index contributed by atoms with van der Waals surface area (Å²) in [6.07, 6.45) is 3.30. The van der Waals surface area contributed by atoms with Gasteiger partial charge in [0.25, 0.3) is 0 Å². The second kappa shape index (κ2) is 2.91. The Labute approximate surface area is 77.0 Å². The maximum Gasteiger partial charge on any atom is 0.352 e. The number of aromatic nitrogens is 1. The Morgan fingerprint density at radius 2 is 2.31 bits per heavy atom. The summed E-state index contributed by atoms with van der Waals surface area (Å²) in [6, 6.07) is 2.00. The van der Waals surface area contributed by atoms with Gasteiger partial charge in [-0.3, -0.25) is 0 Å². The van der Waals surface area contributed by atoms with Crippen LogP contribution in [0, 0.1) is 6.92 Å². The molecule has 0 saturated carbocycles. The predicted octanol–water partition coefficient (Wildman–Crippen LogP) is 1.83. The number of carboxylic acid groups (broad SMARTS) is 1. The van der Waals surface area contributed by atoms with E-state index in [1.807, 2.05) is 17.6 Å². The normalized spacial score (nSPS) is 15.5. The molecule has 0 radical (unpaired) electrons. The van der Waals surface area contributed by atoms with Gasteiger partial charge >= 0.3 is 5.97 Å². The summed E-state index contributed by atoms with van der Waals surface area (Å²) in [5, 5.41) is 8.99. The highest BCUT2D eigenvalue weighted by Crippen LogP contribution is 2.22. The topological polar surface area (TPSA) is 42.2 Å². The number of rotatable bonds is 1. The van der Waals surface area contributed by atoms with Gasteiger partial charge < -0.3 is 9.67 Å². The molecule has 70 valence electrons. The van der Waals surface area contributed by atoms with Gasteiger partial charge in [-0.1, -0.05) is 0 Å². The first-order valence-electron chi connectivity index (χ1n) is 4.62. The molecule has 3 heteroatoms. The summed E-state index contributed by atoms with van der Waals surface area (Å²) in [4.78, 5) is 10.9. The molecule has 0 spiro atoms. The molecular weight excluding hydrogens is 166 g/mol. The third-order valence-corrected chi connectivity index (χ3v) is 2.64. The van der Waals surface area contributed by atoms with E-state index in [2.05, 4.69) is 0 Å². The van der Waals surface area contributed by atoms with Crippen molar-refractivity contribution in [2.45, 2.75) is 32.7 Å². The molecule has 13 heavy (non-hydrogen) atoms. The van der Waals surface area contributed by atoms with E-state index in [-0.39, 0.29) is 0 Å². The van der Waals surface area contributed by atoms with E-state index in [4.69, 9.17) is 5.11 Å². The fourth-order valence-corrected chi connectivity index (χ4v) is 2.08. The second-order valence-electron chi connectivity index (χ2n) is 3.58. The molecule has 1 aromatic rings. The van der Waals surface area contributed by atoms with Crippen LogP contribution in [0.2, 0.25) is 0 Å². The first kappa shape index (κ1) is 8.35. The molecule has 0 aromatic carbocycles. The van der Waals surface area contributed by atoms with Crippen molar-refractivity contribution in [3.63, 3.8) is 0 Å². The van der Waals surface area contributed by atoms with Crippen molar-refractivity contribution < 1.29 is 9.90 Å². The van der Waals surface area contributed by atoms with Crippen molar-refractivity contribution in [3.05, 3.63) is 23.0 Å². The molecule has 1 aromatic heterocycles. The smallest absolute Gasteiger partial charge is 0.352 e. The standard InChI is InChI=1S/C10H13NO2/c1-7-6-8-4-2-3-5-11(8)9(7)10(12)13/h6H,2-5H2,1H3,(H,12,13). The average molecular weight is 179 g/mol. The van der Waals surface area contributed by atoms with E-state index >= 15 is 0 Å². The van der Waals surface area contributed by atoms with E-state index in [1.54, 1.807) is 0 Å². The lowest BCUT2D eigenvalue weighted by Gasteiger charge is -2.16. The van der Waals surface area contributed by atoms with E-state index in [0.29, 0.717) is 5.69 Å². The Morgan fingerprint density at radius 3 is 3.00 bits per heavy atom. The van der Waals surface area contributed by atoms with Gasteiger partial charge in [-0.25, -0.2) is 4.79 Å². The van der Waals surface area contributed by atoms with E-state index in [1.165, 1.54) is 12.1 Å². The summed E-state index contributed by atoms with van der Waals surface area (Å²) in [5.41, 5.74) is 2.56. The fraction of sp³-hybridized carbons (Fsp3) is 0.500. The minimum Gasteiger partial charge on any atom is -0.477 e. The van der Waals surface area contributed by atoms with Crippen LogP contribution in [0.3, 0.4) is 0 Å². The Morgan fingerprint density at radius 1 is 1.54 bits per heavy atom. The molecule has 0 amide bonds. The molecule has 2 heterocycles. The van der Waals surface area contributed by atoms with E-state index in [0.717, 1.165) is 24.9 Å². The van der Waals surface area contributed by atoms with Crippen molar-refractivity contribution >= 4 is 5.97 Å². The van der Waals surface area contributed by atoms with Gasteiger partial charge in [0.1, 0.15) is 5.69 Å². The number of carboxylic acids is 1. The van der Waals surface area contributed by atoms with Crippen LogP contribution in [0.1, 0.15) is 34.6 Å². The molecule has 2 rings (SSSR count). The number of carbonyl (C=O) groups is 1. The summed E-state index contributed by atoms with van der Waals surface area (Å²) in [7, 11) is 0. The SMILES string of the molecule is Cc1cc2n(c1C(=O)O)CCCC2. The lowest BCUT2D eigenvalue weighted by molar-refractivity contribution is 0.0683. The fourth-order valence-electron chi connectivity index (χ4n) is 2.08. The summed E-state index contributed by atoms with van der Waals surface area (Å²) >= 11 is 0. The first-order valence-corrected chi connectivity index (χ1v) is 4.62. The van der Waals surface area contributed by atoms with Gasteiger partial charge in [-0.05, 0) is 37.8 Å². The largest absolute Gasteiger partial charge is 0.477 e. The molecule has 1 aliphatic rings. The second-order valence-corrected chi connectivity index (χ2v) is 3.58. The molecule has 1 N–H and O–H groups in total. The quantitative estimate of drug-likeness (QED) is 0.714. The van der Waals surface area contributed by atoms with Crippen molar-refractivity contribution in [2.75, 3.05) is 0 Å². The van der Waals surface area contributed by atoms with Gasteiger partial charge in [-0.15, -0.1) is 0 Å². The number of nitrogens with zero attached hydrogens (tertiary/aromatic N) is 1. The van der Waals surface area contributed by atoms with Crippen molar-refractivity contribution in [3.8, 4) is 0 Å². The highest BCUT2D eigenvalue weighted by atomic mass is 16.4. The lowest BCUT2D eigenvalue weighted by atomic mass is 10.1. The minimum absolute atomic E-state index is 0.481. The highest BCUT2D eigenvalue weighted by molar-refractivity contribution is 5.88. The number of aryl methyl sites for hydroxylation is 2. The maximum absolute atomic E-state index is 10.9. The zero-order chi connectivity index (χ0) is 9.42. The zero-order valence-corrected chi connectivity index (χ0v) is 7.71. The summed E-state index contributed by atoms with van der Waals surface area (Å²) in [6.45, 7) is 2.74. The molecular formula is C10H13NO2. The van der Waals surface area contributed by atoms with Crippen LogP contribution in [-0.4, -0.2) is 15.6 Å². The molecule has 0 unspecified atom stereocenters. The Kier molecular flexibility index (Phi) is 1.87. The predicted molar refractivity (Wildman–Crippen MR) is 49.1 cm³/mol. The maximum atomic E-state index is 10.9. The Bertz CT molecular complexity index is 352.